The van der Waals surface area contributed by atoms with Crippen molar-refractivity contribution in [3.05, 3.63) is 71.8 Å². The van der Waals surface area contributed by atoms with Crippen LogP contribution in [0, 0.1) is 0 Å². The summed E-state index contributed by atoms with van der Waals surface area (Å²) >= 11 is 2.10. The van der Waals surface area contributed by atoms with Gasteiger partial charge in [0.15, 0.2) is 0 Å². The van der Waals surface area contributed by atoms with Gasteiger partial charge in [0.25, 0.3) is 0 Å². The van der Waals surface area contributed by atoms with Gasteiger partial charge in [-0.15, -0.1) is 0 Å². The summed E-state index contributed by atoms with van der Waals surface area (Å²) in [5, 5.41) is 0. The standard InChI is InChI=1S/C20H24N2S/c1-3-7-17(8-4-1)20(18-9-5-2-6-10-18)22-15-19(16-22)21-11-13-23-14-12-21/h1-10,19-20H,11-16H2. The first kappa shape index (κ1) is 15.3. The van der Waals surface area contributed by atoms with Crippen molar-refractivity contribution in [3.8, 4) is 0 Å². The first-order chi connectivity index (χ1) is 11.4. The molecule has 2 heterocycles. The van der Waals surface area contributed by atoms with Crippen LogP contribution in [0.2, 0.25) is 0 Å². The molecule has 2 aromatic carbocycles. The van der Waals surface area contributed by atoms with Crippen molar-refractivity contribution >= 4 is 11.8 Å². The fourth-order valence-corrected chi connectivity index (χ4v) is 4.69. The molecule has 120 valence electrons. The van der Waals surface area contributed by atoms with Crippen molar-refractivity contribution in [3.63, 3.8) is 0 Å². The predicted molar refractivity (Wildman–Crippen MR) is 99.0 cm³/mol. The Morgan fingerprint density at radius 2 is 1.30 bits per heavy atom. The summed E-state index contributed by atoms with van der Waals surface area (Å²) in [7, 11) is 0. The van der Waals surface area contributed by atoms with E-state index in [1.165, 1.54) is 48.8 Å². The van der Waals surface area contributed by atoms with Crippen LogP contribution in [0.25, 0.3) is 0 Å². The van der Waals surface area contributed by atoms with Gasteiger partial charge in [-0.05, 0) is 11.1 Å². The van der Waals surface area contributed by atoms with Gasteiger partial charge in [-0.1, -0.05) is 60.7 Å². The van der Waals surface area contributed by atoms with Gasteiger partial charge in [0.05, 0.1) is 6.04 Å². The maximum absolute atomic E-state index is 2.69. The first-order valence-corrected chi connectivity index (χ1v) is 9.73. The summed E-state index contributed by atoms with van der Waals surface area (Å²) in [6.45, 7) is 4.92. The van der Waals surface area contributed by atoms with Gasteiger partial charge in [-0.2, -0.15) is 11.8 Å². The van der Waals surface area contributed by atoms with Crippen molar-refractivity contribution < 1.29 is 0 Å². The molecule has 2 nitrogen and oxygen atoms in total. The lowest BCUT2D eigenvalue weighted by atomic mass is 9.92. The SMILES string of the molecule is c1ccc(C(c2ccccc2)N2CC(N3CCSCC3)C2)cc1. The smallest absolute Gasteiger partial charge is 0.0602 e. The molecule has 3 heteroatoms. The van der Waals surface area contributed by atoms with Crippen LogP contribution in [0.3, 0.4) is 0 Å². The molecule has 0 unspecified atom stereocenters. The maximum atomic E-state index is 2.69. The molecule has 4 rings (SSSR count). The monoisotopic (exact) mass is 324 g/mol. The number of hydrogen-bond donors (Lipinski definition) is 0. The fourth-order valence-electron chi connectivity index (χ4n) is 3.76. The lowest BCUT2D eigenvalue weighted by Gasteiger charge is -2.50. The highest BCUT2D eigenvalue weighted by Crippen LogP contribution is 2.33. The molecule has 0 N–H and O–H groups in total. The van der Waals surface area contributed by atoms with Gasteiger partial charge in [-0.3, -0.25) is 9.80 Å². The van der Waals surface area contributed by atoms with E-state index < -0.39 is 0 Å². The molecule has 0 radical (unpaired) electrons. The van der Waals surface area contributed by atoms with E-state index in [-0.39, 0.29) is 0 Å². The number of thioether (sulfide) groups is 1. The highest BCUT2D eigenvalue weighted by Gasteiger charge is 2.37. The zero-order chi connectivity index (χ0) is 15.5. The number of nitrogens with zero attached hydrogens (tertiary/aromatic N) is 2. The third-order valence-electron chi connectivity index (χ3n) is 5.05. The summed E-state index contributed by atoms with van der Waals surface area (Å²) < 4.78 is 0. The second-order valence-corrected chi connectivity index (χ2v) is 7.70. The number of likely N-dealkylation sites (tertiary alicyclic amines) is 1. The molecule has 0 aliphatic carbocycles. The van der Waals surface area contributed by atoms with E-state index in [2.05, 4.69) is 82.2 Å². The first-order valence-electron chi connectivity index (χ1n) is 8.57. The Balaban J connectivity index is 1.51. The molecule has 2 fully saturated rings. The highest BCUT2D eigenvalue weighted by atomic mass is 32.2. The molecule has 0 spiro atoms. The molecular weight excluding hydrogens is 300 g/mol. The predicted octanol–water partition coefficient (Wildman–Crippen LogP) is 3.51. The van der Waals surface area contributed by atoms with Crippen LogP contribution < -0.4 is 0 Å². The van der Waals surface area contributed by atoms with Crippen molar-refractivity contribution in [1.82, 2.24) is 9.80 Å². The molecule has 2 saturated heterocycles. The van der Waals surface area contributed by atoms with E-state index in [0.29, 0.717) is 6.04 Å². The van der Waals surface area contributed by atoms with Gasteiger partial charge < -0.3 is 0 Å². The molecule has 2 aromatic rings. The van der Waals surface area contributed by atoms with Crippen LogP contribution in [0.15, 0.2) is 60.7 Å². The van der Waals surface area contributed by atoms with Crippen molar-refractivity contribution in [2.75, 3.05) is 37.7 Å². The summed E-state index contributed by atoms with van der Waals surface area (Å²) in [5.41, 5.74) is 2.82. The highest BCUT2D eigenvalue weighted by molar-refractivity contribution is 7.99. The second kappa shape index (κ2) is 7.08. The minimum absolute atomic E-state index is 0.396. The van der Waals surface area contributed by atoms with Gasteiger partial charge in [0, 0.05) is 43.7 Å². The van der Waals surface area contributed by atoms with Gasteiger partial charge >= 0.3 is 0 Å². The van der Waals surface area contributed by atoms with Gasteiger partial charge in [0.2, 0.25) is 0 Å². The third kappa shape index (κ3) is 3.32. The summed E-state index contributed by atoms with van der Waals surface area (Å²) in [4.78, 5) is 5.33. The Kier molecular flexibility index (Phi) is 4.69. The van der Waals surface area contributed by atoms with Crippen LogP contribution in [0.4, 0.5) is 0 Å². The lowest BCUT2D eigenvalue weighted by molar-refractivity contribution is 0.0192. The average molecular weight is 324 g/mol. The Labute approximate surface area is 143 Å². The minimum atomic E-state index is 0.396. The average Bonchev–Trinajstić information content (AvgIpc) is 2.60. The summed E-state index contributed by atoms with van der Waals surface area (Å²) in [6, 6.07) is 23.1. The van der Waals surface area contributed by atoms with E-state index in [0.717, 1.165) is 6.04 Å². The number of hydrogen-bond acceptors (Lipinski definition) is 3. The number of rotatable bonds is 4. The largest absolute Gasteiger partial charge is 0.296 e. The fraction of sp³-hybridized carbons (Fsp3) is 0.400. The molecule has 23 heavy (non-hydrogen) atoms. The quantitative estimate of drug-likeness (QED) is 0.850. The molecular formula is C20H24N2S. The molecule has 0 saturated carbocycles. The van der Waals surface area contributed by atoms with E-state index in [1.54, 1.807) is 0 Å². The van der Waals surface area contributed by atoms with Crippen LogP contribution in [0.5, 0.6) is 0 Å². The van der Waals surface area contributed by atoms with Crippen LogP contribution in [-0.4, -0.2) is 53.5 Å². The van der Waals surface area contributed by atoms with Crippen LogP contribution in [-0.2, 0) is 0 Å². The normalized spacial score (nSPS) is 20.6. The molecule has 0 amide bonds. The number of benzene rings is 2. The lowest BCUT2D eigenvalue weighted by Crippen LogP contribution is -2.61. The third-order valence-corrected chi connectivity index (χ3v) is 5.99. The van der Waals surface area contributed by atoms with E-state index in [4.69, 9.17) is 0 Å². The van der Waals surface area contributed by atoms with E-state index in [1.807, 2.05) is 0 Å². The second-order valence-electron chi connectivity index (χ2n) is 6.48. The maximum Gasteiger partial charge on any atom is 0.0602 e. The zero-order valence-corrected chi connectivity index (χ0v) is 14.3. The summed E-state index contributed by atoms with van der Waals surface area (Å²) in [6.07, 6.45) is 0. The Morgan fingerprint density at radius 3 is 1.83 bits per heavy atom. The zero-order valence-electron chi connectivity index (χ0n) is 13.5. The molecule has 0 aromatic heterocycles. The molecule has 0 bridgehead atoms. The van der Waals surface area contributed by atoms with Gasteiger partial charge in [-0.25, -0.2) is 0 Å². The molecule has 2 aliphatic rings. The van der Waals surface area contributed by atoms with E-state index >= 15 is 0 Å². The van der Waals surface area contributed by atoms with Crippen LogP contribution >= 0.6 is 11.8 Å². The summed E-state index contributed by atoms with van der Waals surface area (Å²) in [5.74, 6) is 2.61. The van der Waals surface area contributed by atoms with E-state index in [9.17, 15) is 0 Å². The van der Waals surface area contributed by atoms with Crippen molar-refractivity contribution in [2.24, 2.45) is 0 Å². The Bertz CT molecular complexity index is 565. The molecule has 0 atom stereocenters. The topological polar surface area (TPSA) is 6.48 Å². The molecule has 2 aliphatic heterocycles. The Morgan fingerprint density at radius 1 is 0.783 bits per heavy atom. The van der Waals surface area contributed by atoms with Crippen molar-refractivity contribution in [2.45, 2.75) is 12.1 Å². The van der Waals surface area contributed by atoms with Crippen molar-refractivity contribution in [1.29, 1.82) is 0 Å². The van der Waals surface area contributed by atoms with Gasteiger partial charge in [0.1, 0.15) is 0 Å². The van der Waals surface area contributed by atoms with Crippen LogP contribution in [0.1, 0.15) is 17.2 Å². The Hall–Kier alpha value is -1.29. The minimum Gasteiger partial charge on any atom is -0.296 e.